The number of fused-ring (bicyclic) bond motifs is 6. The summed E-state index contributed by atoms with van der Waals surface area (Å²) in [6.07, 6.45) is 1.68. The largest absolute Gasteiger partial charge is 0.507 e. The Bertz CT molecular complexity index is 1260. The summed E-state index contributed by atoms with van der Waals surface area (Å²) >= 11 is 0. The second-order valence-corrected chi connectivity index (χ2v) is 6.12. The van der Waals surface area contributed by atoms with Crippen LogP contribution in [-0.2, 0) is 0 Å². The summed E-state index contributed by atoms with van der Waals surface area (Å²) in [5, 5.41) is 25.3. The van der Waals surface area contributed by atoms with Crippen LogP contribution in [0.15, 0.2) is 77.4 Å². The monoisotopic (exact) mass is 326 g/mol. The van der Waals surface area contributed by atoms with Gasteiger partial charge in [-0.2, -0.15) is 0 Å². The van der Waals surface area contributed by atoms with Crippen molar-refractivity contribution in [3.8, 4) is 22.6 Å². The molecular formula is C22H14O3. The second kappa shape index (κ2) is 5.02. The molecule has 5 aromatic rings. The number of hydrogen-bond acceptors (Lipinski definition) is 3. The number of phenolic OH excluding ortho intramolecular Hbond substituents is 2. The number of aromatic hydroxyl groups is 2. The van der Waals surface area contributed by atoms with Crippen LogP contribution in [0, 0.1) is 0 Å². The quantitative estimate of drug-likeness (QED) is 0.382. The van der Waals surface area contributed by atoms with Crippen LogP contribution in [0.1, 0.15) is 0 Å². The summed E-state index contributed by atoms with van der Waals surface area (Å²) in [6.45, 7) is 0. The molecule has 120 valence electrons. The molecule has 2 N–H and O–H groups in total. The lowest BCUT2D eigenvalue weighted by Gasteiger charge is -2.09. The van der Waals surface area contributed by atoms with Crippen LogP contribution >= 0.6 is 0 Å². The van der Waals surface area contributed by atoms with E-state index in [1.165, 1.54) is 0 Å². The number of phenols is 2. The normalized spacial score (nSPS) is 11.5. The third-order valence-corrected chi connectivity index (χ3v) is 4.74. The maximum Gasteiger partial charge on any atom is 0.142 e. The van der Waals surface area contributed by atoms with Gasteiger partial charge in [0.05, 0.1) is 6.26 Å². The lowest BCUT2D eigenvalue weighted by molar-refractivity contribution is 0.477. The predicted octanol–water partition coefficient (Wildman–Crippen LogP) is 5.82. The van der Waals surface area contributed by atoms with E-state index in [2.05, 4.69) is 0 Å². The van der Waals surface area contributed by atoms with Gasteiger partial charge in [-0.1, -0.05) is 54.6 Å². The van der Waals surface area contributed by atoms with Crippen LogP contribution in [-0.4, -0.2) is 10.2 Å². The lowest BCUT2D eigenvalue weighted by atomic mass is 9.94. The fourth-order valence-electron chi connectivity index (χ4n) is 3.65. The molecule has 0 radical (unpaired) electrons. The van der Waals surface area contributed by atoms with E-state index in [-0.39, 0.29) is 11.5 Å². The Hall–Kier alpha value is -3.46. The van der Waals surface area contributed by atoms with Gasteiger partial charge in [-0.25, -0.2) is 0 Å². The first-order valence-electron chi connectivity index (χ1n) is 8.07. The second-order valence-electron chi connectivity index (χ2n) is 6.12. The van der Waals surface area contributed by atoms with Gasteiger partial charge in [-0.15, -0.1) is 0 Å². The Morgan fingerprint density at radius 2 is 1.24 bits per heavy atom. The highest BCUT2D eigenvalue weighted by Crippen LogP contribution is 2.45. The zero-order valence-corrected chi connectivity index (χ0v) is 13.2. The van der Waals surface area contributed by atoms with Gasteiger partial charge in [0, 0.05) is 27.3 Å². The lowest BCUT2D eigenvalue weighted by Crippen LogP contribution is -1.83. The fraction of sp³-hybridized carbons (Fsp3) is 0. The fourth-order valence-corrected chi connectivity index (χ4v) is 3.65. The van der Waals surface area contributed by atoms with E-state index in [9.17, 15) is 10.2 Å². The zero-order chi connectivity index (χ0) is 17.0. The molecule has 3 heteroatoms. The van der Waals surface area contributed by atoms with Crippen LogP contribution in [0.4, 0.5) is 0 Å². The van der Waals surface area contributed by atoms with Gasteiger partial charge >= 0.3 is 0 Å². The van der Waals surface area contributed by atoms with Crippen molar-refractivity contribution in [1.82, 2.24) is 0 Å². The van der Waals surface area contributed by atoms with E-state index in [0.29, 0.717) is 5.56 Å². The first kappa shape index (κ1) is 13.9. The Morgan fingerprint density at radius 3 is 2.08 bits per heavy atom. The maximum atomic E-state index is 10.5. The Balaban J connectivity index is 2.07. The van der Waals surface area contributed by atoms with E-state index < -0.39 is 0 Å². The van der Waals surface area contributed by atoms with Gasteiger partial charge in [-0.05, 0) is 22.9 Å². The van der Waals surface area contributed by atoms with Gasteiger partial charge < -0.3 is 14.6 Å². The highest BCUT2D eigenvalue weighted by atomic mass is 16.3. The summed E-state index contributed by atoms with van der Waals surface area (Å²) in [7, 11) is 0. The van der Waals surface area contributed by atoms with E-state index in [0.717, 1.165) is 38.1 Å². The number of para-hydroxylation sites is 1. The van der Waals surface area contributed by atoms with Gasteiger partial charge in [0.1, 0.15) is 17.1 Å². The van der Waals surface area contributed by atoms with Crippen molar-refractivity contribution in [1.29, 1.82) is 0 Å². The molecule has 0 amide bonds. The molecule has 0 spiro atoms. The van der Waals surface area contributed by atoms with Crippen LogP contribution in [0.2, 0.25) is 0 Å². The van der Waals surface area contributed by atoms with Crippen molar-refractivity contribution in [3.63, 3.8) is 0 Å². The molecule has 0 unspecified atom stereocenters. The number of furan rings is 1. The third kappa shape index (κ3) is 1.86. The minimum atomic E-state index is 0.201. The zero-order valence-electron chi connectivity index (χ0n) is 13.2. The summed E-state index contributed by atoms with van der Waals surface area (Å²) in [6, 6.07) is 20.6. The highest BCUT2D eigenvalue weighted by Gasteiger charge is 2.19. The maximum absolute atomic E-state index is 10.5. The van der Waals surface area contributed by atoms with E-state index in [4.69, 9.17) is 4.42 Å². The first-order chi connectivity index (χ1) is 12.3. The Morgan fingerprint density at radius 1 is 0.560 bits per heavy atom. The molecule has 5 rings (SSSR count). The molecule has 1 heterocycles. The van der Waals surface area contributed by atoms with Crippen molar-refractivity contribution in [2.75, 3.05) is 0 Å². The average Bonchev–Trinajstić information content (AvgIpc) is 3.07. The summed E-state index contributed by atoms with van der Waals surface area (Å²) in [5.41, 5.74) is 2.28. The Kier molecular flexibility index (Phi) is 2.80. The molecular weight excluding hydrogens is 312 g/mol. The van der Waals surface area contributed by atoms with Crippen LogP contribution < -0.4 is 0 Å². The van der Waals surface area contributed by atoms with Crippen molar-refractivity contribution in [2.45, 2.75) is 0 Å². The molecule has 4 aromatic carbocycles. The summed E-state index contributed by atoms with van der Waals surface area (Å²) < 4.78 is 5.93. The smallest absolute Gasteiger partial charge is 0.142 e. The van der Waals surface area contributed by atoms with Gasteiger partial charge in [0.25, 0.3) is 0 Å². The highest BCUT2D eigenvalue weighted by molar-refractivity contribution is 6.28. The molecule has 0 aliphatic heterocycles. The van der Waals surface area contributed by atoms with Gasteiger partial charge in [-0.3, -0.25) is 0 Å². The molecule has 0 fully saturated rings. The standard InChI is InChI=1S/C22H14O3/c23-18-10-4-3-6-13(18)17-12-25-22-15-8-2-1-7-14(15)20-16(21(17)22)9-5-11-19(20)24/h1-12,23-24H. The van der Waals surface area contributed by atoms with Crippen LogP contribution in [0.25, 0.3) is 43.6 Å². The Labute approximate surface area is 143 Å². The molecule has 0 atom stereocenters. The first-order valence-corrected chi connectivity index (χ1v) is 8.07. The molecule has 1 aromatic heterocycles. The third-order valence-electron chi connectivity index (χ3n) is 4.74. The molecule has 0 bridgehead atoms. The number of hydrogen-bond donors (Lipinski definition) is 2. The van der Waals surface area contributed by atoms with Crippen LogP contribution in [0.3, 0.4) is 0 Å². The van der Waals surface area contributed by atoms with E-state index in [1.807, 2.05) is 48.5 Å². The van der Waals surface area contributed by atoms with E-state index in [1.54, 1.807) is 24.5 Å². The predicted molar refractivity (Wildman–Crippen MR) is 100.0 cm³/mol. The van der Waals surface area contributed by atoms with Crippen molar-refractivity contribution in [2.24, 2.45) is 0 Å². The molecule has 0 saturated carbocycles. The average molecular weight is 326 g/mol. The van der Waals surface area contributed by atoms with Crippen molar-refractivity contribution < 1.29 is 14.6 Å². The molecule has 0 saturated heterocycles. The summed E-state index contributed by atoms with van der Waals surface area (Å²) in [5.74, 6) is 0.437. The SMILES string of the molecule is Oc1ccccc1-c1coc2c3ccccc3c3c(O)cccc3c12. The van der Waals surface area contributed by atoms with Crippen molar-refractivity contribution >= 4 is 32.5 Å². The van der Waals surface area contributed by atoms with Crippen molar-refractivity contribution in [3.05, 3.63) is 73.0 Å². The molecule has 25 heavy (non-hydrogen) atoms. The minimum absolute atomic E-state index is 0.201. The summed E-state index contributed by atoms with van der Waals surface area (Å²) in [4.78, 5) is 0. The number of rotatable bonds is 1. The topological polar surface area (TPSA) is 53.6 Å². The van der Waals surface area contributed by atoms with Crippen LogP contribution in [0.5, 0.6) is 11.5 Å². The van der Waals surface area contributed by atoms with E-state index >= 15 is 0 Å². The molecule has 0 aliphatic rings. The molecule has 3 nitrogen and oxygen atoms in total. The minimum Gasteiger partial charge on any atom is -0.507 e. The van der Waals surface area contributed by atoms with Gasteiger partial charge in [0.2, 0.25) is 0 Å². The number of benzene rings is 4. The molecule has 0 aliphatic carbocycles. The van der Waals surface area contributed by atoms with Gasteiger partial charge in [0.15, 0.2) is 0 Å².